The van der Waals surface area contributed by atoms with E-state index < -0.39 is 5.60 Å². The summed E-state index contributed by atoms with van der Waals surface area (Å²) in [6, 6.07) is 8.43. The van der Waals surface area contributed by atoms with Crippen molar-refractivity contribution < 1.29 is 19.4 Å². The summed E-state index contributed by atoms with van der Waals surface area (Å²) in [4.78, 5) is 17.0. The summed E-state index contributed by atoms with van der Waals surface area (Å²) in [6.07, 6.45) is 8.88. The summed E-state index contributed by atoms with van der Waals surface area (Å²) in [6.45, 7) is 3.81. The van der Waals surface area contributed by atoms with Crippen molar-refractivity contribution in [1.82, 2.24) is 9.80 Å². The normalized spacial score (nSPS) is 30.0. The van der Waals surface area contributed by atoms with Crippen LogP contribution in [-0.4, -0.2) is 71.3 Å². The molecule has 2 heterocycles. The predicted octanol–water partition coefficient (Wildman–Crippen LogP) is 2.67. The van der Waals surface area contributed by atoms with Gasteiger partial charge in [0.2, 0.25) is 0 Å². The third-order valence-corrected chi connectivity index (χ3v) is 7.71. The van der Waals surface area contributed by atoms with E-state index in [0.29, 0.717) is 24.8 Å². The van der Waals surface area contributed by atoms with Crippen LogP contribution in [0.5, 0.6) is 5.75 Å². The van der Waals surface area contributed by atoms with Crippen molar-refractivity contribution in [1.29, 1.82) is 0 Å². The van der Waals surface area contributed by atoms with Crippen molar-refractivity contribution in [2.45, 2.75) is 62.2 Å². The number of ether oxygens (including phenoxy) is 2. The van der Waals surface area contributed by atoms with E-state index in [1.165, 1.54) is 31.2 Å². The highest BCUT2D eigenvalue weighted by atomic mass is 16.5. The molecule has 6 nitrogen and oxygen atoms in total. The van der Waals surface area contributed by atoms with Crippen LogP contribution >= 0.6 is 0 Å². The van der Waals surface area contributed by atoms with Gasteiger partial charge in [0.05, 0.1) is 18.3 Å². The number of likely N-dealkylation sites (tertiary alicyclic amines) is 1. The Bertz CT molecular complexity index is 862. The van der Waals surface area contributed by atoms with E-state index in [0.717, 1.165) is 44.1 Å². The Morgan fingerprint density at radius 1 is 1.06 bits per heavy atom. The molecule has 0 aromatic heterocycles. The fourth-order valence-corrected chi connectivity index (χ4v) is 5.29. The Labute approximate surface area is 183 Å². The van der Waals surface area contributed by atoms with E-state index in [1.54, 1.807) is 0 Å². The van der Waals surface area contributed by atoms with Crippen molar-refractivity contribution in [3.05, 3.63) is 41.7 Å². The SMILES string of the molecule is O=C1C(Oc2ccc(C3CC3)cc2)=CCN1[C@H]1C[C@@H](OCCN2CC(O)(C3CC3)C2)C1. The number of hydrogen-bond acceptors (Lipinski definition) is 5. The second kappa shape index (κ2) is 7.61. The van der Waals surface area contributed by atoms with Crippen LogP contribution in [0.25, 0.3) is 0 Å². The molecule has 1 aromatic rings. The fourth-order valence-electron chi connectivity index (χ4n) is 5.29. The summed E-state index contributed by atoms with van der Waals surface area (Å²) >= 11 is 0. The average Bonchev–Trinajstić information content (AvgIpc) is 3.61. The largest absolute Gasteiger partial charge is 0.452 e. The highest BCUT2D eigenvalue weighted by Gasteiger charge is 2.51. The maximum absolute atomic E-state index is 12.8. The number of amides is 1. The molecule has 6 heteroatoms. The van der Waals surface area contributed by atoms with Gasteiger partial charge in [-0.2, -0.15) is 0 Å². The zero-order chi connectivity index (χ0) is 21.0. The molecule has 5 aliphatic rings. The summed E-state index contributed by atoms with van der Waals surface area (Å²) < 4.78 is 11.9. The number of carbonyl (C=O) groups is 1. The van der Waals surface area contributed by atoms with Gasteiger partial charge in [0.25, 0.3) is 5.91 Å². The Morgan fingerprint density at radius 2 is 1.81 bits per heavy atom. The van der Waals surface area contributed by atoms with Gasteiger partial charge >= 0.3 is 0 Å². The van der Waals surface area contributed by atoms with Gasteiger partial charge < -0.3 is 19.5 Å². The van der Waals surface area contributed by atoms with Crippen LogP contribution in [0.4, 0.5) is 0 Å². The predicted molar refractivity (Wildman–Crippen MR) is 116 cm³/mol. The zero-order valence-corrected chi connectivity index (χ0v) is 18.0. The van der Waals surface area contributed by atoms with E-state index in [4.69, 9.17) is 9.47 Å². The van der Waals surface area contributed by atoms with E-state index in [9.17, 15) is 9.90 Å². The monoisotopic (exact) mass is 424 g/mol. The van der Waals surface area contributed by atoms with Crippen molar-refractivity contribution in [2.24, 2.45) is 5.92 Å². The van der Waals surface area contributed by atoms with Gasteiger partial charge in [-0.05, 0) is 74.1 Å². The van der Waals surface area contributed by atoms with Crippen LogP contribution in [-0.2, 0) is 9.53 Å². The smallest absolute Gasteiger partial charge is 0.289 e. The molecule has 3 aliphatic carbocycles. The molecule has 166 valence electrons. The maximum atomic E-state index is 12.8. The lowest BCUT2D eigenvalue weighted by Crippen LogP contribution is -2.63. The van der Waals surface area contributed by atoms with E-state index in [2.05, 4.69) is 17.0 Å². The summed E-state index contributed by atoms with van der Waals surface area (Å²) in [5, 5.41) is 10.4. The lowest BCUT2D eigenvalue weighted by Gasteiger charge is -2.47. The van der Waals surface area contributed by atoms with Gasteiger partial charge in [0, 0.05) is 32.2 Å². The maximum Gasteiger partial charge on any atom is 0.289 e. The first-order valence-electron chi connectivity index (χ1n) is 11.9. The molecule has 0 spiro atoms. The molecular weight excluding hydrogens is 392 g/mol. The Kier molecular flexibility index (Phi) is 4.85. The molecule has 3 saturated carbocycles. The number of benzene rings is 1. The van der Waals surface area contributed by atoms with Crippen LogP contribution in [0.2, 0.25) is 0 Å². The lowest BCUT2D eigenvalue weighted by molar-refractivity contribution is -0.138. The molecule has 1 N–H and O–H groups in total. The first-order chi connectivity index (χ1) is 15.1. The molecule has 0 bridgehead atoms. The van der Waals surface area contributed by atoms with Crippen molar-refractivity contribution in [3.63, 3.8) is 0 Å². The standard InChI is InChI=1S/C25H32N2O4/c28-24-23(31-21-7-3-18(4-8-21)17-1-2-17)9-10-27(24)20-13-22(14-20)30-12-11-26-15-25(29,16-26)19-5-6-19/h3-4,7-9,17,19-20,22,29H,1-2,5-6,10-16H2/t20-,22+. The topological polar surface area (TPSA) is 62.2 Å². The number of β-amino-alcohol motifs (C(OH)–C–C–N with tert-alkyl or cyclic N) is 1. The summed E-state index contributed by atoms with van der Waals surface area (Å²) in [7, 11) is 0. The Morgan fingerprint density at radius 3 is 2.48 bits per heavy atom. The number of nitrogens with zero attached hydrogens (tertiary/aromatic N) is 2. The minimum Gasteiger partial charge on any atom is -0.452 e. The van der Waals surface area contributed by atoms with Gasteiger partial charge in [0.15, 0.2) is 5.76 Å². The van der Waals surface area contributed by atoms with Gasteiger partial charge in [-0.1, -0.05) is 12.1 Å². The molecule has 1 saturated heterocycles. The lowest BCUT2D eigenvalue weighted by atomic mass is 9.87. The summed E-state index contributed by atoms with van der Waals surface area (Å²) in [5.74, 6) is 2.45. The van der Waals surface area contributed by atoms with Crippen LogP contribution in [0, 0.1) is 5.92 Å². The first kappa shape index (κ1) is 19.8. The average molecular weight is 425 g/mol. The molecule has 0 atom stereocenters. The number of aliphatic hydroxyl groups is 1. The van der Waals surface area contributed by atoms with Crippen LogP contribution in [0.15, 0.2) is 36.1 Å². The second-order valence-electron chi connectivity index (χ2n) is 10.2. The highest BCUT2D eigenvalue weighted by molar-refractivity contribution is 5.94. The van der Waals surface area contributed by atoms with E-state index in [1.807, 2.05) is 23.1 Å². The van der Waals surface area contributed by atoms with Gasteiger partial charge in [0.1, 0.15) is 5.75 Å². The molecule has 31 heavy (non-hydrogen) atoms. The minimum absolute atomic E-state index is 0.00494. The van der Waals surface area contributed by atoms with Crippen molar-refractivity contribution >= 4 is 5.91 Å². The molecule has 0 unspecified atom stereocenters. The fraction of sp³-hybridized carbons (Fsp3) is 0.640. The second-order valence-corrected chi connectivity index (χ2v) is 10.2. The van der Waals surface area contributed by atoms with Gasteiger partial charge in [-0.3, -0.25) is 9.69 Å². The first-order valence-corrected chi connectivity index (χ1v) is 11.9. The number of carbonyl (C=O) groups excluding carboxylic acids is 1. The van der Waals surface area contributed by atoms with E-state index in [-0.39, 0.29) is 18.1 Å². The zero-order valence-electron chi connectivity index (χ0n) is 18.0. The van der Waals surface area contributed by atoms with Crippen molar-refractivity contribution in [2.75, 3.05) is 32.8 Å². The molecule has 6 rings (SSSR count). The molecule has 0 radical (unpaired) electrons. The number of hydrogen-bond donors (Lipinski definition) is 1. The van der Waals surface area contributed by atoms with Crippen LogP contribution in [0.3, 0.4) is 0 Å². The van der Waals surface area contributed by atoms with Gasteiger partial charge in [-0.15, -0.1) is 0 Å². The van der Waals surface area contributed by atoms with Gasteiger partial charge in [-0.25, -0.2) is 0 Å². The molecule has 1 aromatic carbocycles. The molecule has 2 aliphatic heterocycles. The van der Waals surface area contributed by atoms with Crippen LogP contribution < -0.4 is 4.74 Å². The Hall–Kier alpha value is -1.89. The number of rotatable bonds is 9. The molecular formula is C25H32N2O4. The highest BCUT2D eigenvalue weighted by Crippen LogP contribution is 2.44. The quantitative estimate of drug-likeness (QED) is 0.660. The summed E-state index contributed by atoms with van der Waals surface area (Å²) in [5.41, 5.74) is 0.956. The van der Waals surface area contributed by atoms with Crippen LogP contribution in [0.1, 0.15) is 50.0 Å². The van der Waals surface area contributed by atoms with Crippen molar-refractivity contribution in [3.8, 4) is 5.75 Å². The van der Waals surface area contributed by atoms with E-state index >= 15 is 0 Å². The molecule has 4 fully saturated rings. The Balaban J connectivity index is 0.901. The minimum atomic E-state index is -0.413. The third kappa shape index (κ3) is 4.01. The third-order valence-electron chi connectivity index (χ3n) is 7.71. The molecule has 1 amide bonds.